The second kappa shape index (κ2) is 7.14. The normalized spacial score (nSPS) is 12.9. The van der Waals surface area contributed by atoms with Gasteiger partial charge in [0.25, 0.3) is 0 Å². The summed E-state index contributed by atoms with van der Waals surface area (Å²) in [6.45, 7) is 0. The van der Waals surface area contributed by atoms with Gasteiger partial charge in [0.2, 0.25) is 20.0 Å². The first kappa shape index (κ1) is 20.8. The molecule has 16 heteroatoms. The third-order valence-electron chi connectivity index (χ3n) is 3.32. The van der Waals surface area contributed by atoms with Gasteiger partial charge in [-0.1, -0.05) is 23.2 Å². The van der Waals surface area contributed by atoms with E-state index in [-0.39, 0.29) is 38.2 Å². The summed E-state index contributed by atoms with van der Waals surface area (Å²) in [5.41, 5.74) is -0.644. The Bertz CT molecular complexity index is 1330. The van der Waals surface area contributed by atoms with Crippen molar-refractivity contribution in [2.45, 2.75) is 9.79 Å². The topological polar surface area (TPSA) is 191 Å². The van der Waals surface area contributed by atoms with E-state index in [1.807, 2.05) is 0 Å². The Balaban J connectivity index is 2.31. The van der Waals surface area contributed by atoms with Crippen LogP contribution < -0.4 is 10.3 Å². The molecular formula is C12H8Cl2N6O5S3. The zero-order chi connectivity index (χ0) is 20.9. The minimum Gasteiger partial charge on any atom is -0.505 e. The van der Waals surface area contributed by atoms with Gasteiger partial charge in [-0.05, 0) is 18.2 Å². The Morgan fingerprint density at radius 2 is 1.43 bits per heavy atom. The SMILES string of the molecule is NS(=O)(=O)c1cc(S(N)(=O)=O)c2nsnc2c1N=Nc1cc(Cl)c(O)c(Cl)c1. The molecule has 0 unspecified atom stereocenters. The predicted octanol–water partition coefficient (Wildman–Crippen LogP) is 2.41. The van der Waals surface area contributed by atoms with Crippen molar-refractivity contribution in [2.24, 2.45) is 20.5 Å². The van der Waals surface area contributed by atoms with Crippen LogP contribution in [0.2, 0.25) is 10.0 Å². The van der Waals surface area contributed by atoms with Crippen molar-refractivity contribution in [1.29, 1.82) is 0 Å². The summed E-state index contributed by atoms with van der Waals surface area (Å²) in [6.07, 6.45) is 0. The van der Waals surface area contributed by atoms with E-state index < -0.39 is 29.8 Å². The molecule has 0 aliphatic carbocycles. The van der Waals surface area contributed by atoms with Crippen LogP contribution in [0.15, 0.2) is 38.2 Å². The van der Waals surface area contributed by atoms with Gasteiger partial charge in [0.1, 0.15) is 26.5 Å². The molecule has 0 radical (unpaired) electrons. The number of aromatic hydroxyl groups is 1. The quantitative estimate of drug-likeness (QED) is 0.474. The van der Waals surface area contributed by atoms with E-state index in [1.165, 1.54) is 12.1 Å². The number of sulfonamides is 2. The molecule has 3 rings (SSSR count). The number of hydrogen-bond donors (Lipinski definition) is 3. The average molecular weight is 483 g/mol. The molecule has 0 bridgehead atoms. The zero-order valence-corrected chi connectivity index (χ0v) is 17.2. The van der Waals surface area contributed by atoms with Gasteiger partial charge in [-0.3, -0.25) is 0 Å². The van der Waals surface area contributed by atoms with Gasteiger partial charge < -0.3 is 5.11 Å². The van der Waals surface area contributed by atoms with Gasteiger partial charge >= 0.3 is 0 Å². The maximum absolute atomic E-state index is 12.0. The van der Waals surface area contributed by atoms with Crippen molar-refractivity contribution in [3.05, 3.63) is 28.2 Å². The molecule has 0 amide bonds. The van der Waals surface area contributed by atoms with Gasteiger partial charge in [-0.2, -0.15) is 13.9 Å². The number of benzene rings is 2. The standard InChI is InChI=1S/C12H8Cl2N6O5S3/c13-5-1-4(2-6(14)12(5)21)17-18-9-7(27(15,22)23)3-8(28(16,24)25)10-11(9)20-26-19-10/h1-3,21H,(H2,15,22,23)(H2,16,24,25). The number of fused-ring (bicyclic) bond motifs is 1. The largest absolute Gasteiger partial charge is 0.505 e. The van der Waals surface area contributed by atoms with Crippen LogP contribution in [0.5, 0.6) is 5.75 Å². The Labute approximate surface area is 172 Å². The van der Waals surface area contributed by atoms with Crippen molar-refractivity contribution >= 4 is 77.4 Å². The maximum atomic E-state index is 12.0. The Morgan fingerprint density at radius 3 is 1.96 bits per heavy atom. The highest BCUT2D eigenvalue weighted by Gasteiger charge is 2.26. The number of aromatic nitrogens is 2. The molecule has 28 heavy (non-hydrogen) atoms. The fraction of sp³-hybridized carbons (Fsp3) is 0. The molecule has 0 spiro atoms. The van der Waals surface area contributed by atoms with Gasteiger partial charge in [-0.15, -0.1) is 5.11 Å². The Morgan fingerprint density at radius 1 is 0.893 bits per heavy atom. The number of phenolic OH excluding ortho intramolecular Hbond substituents is 1. The first-order valence-electron chi connectivity index (χ1n) is 6.84. The number of azo groups is 1. The fourth-order valence-corrected chi connectivity index (χ4v) is 4.68. The number of nitrogens with two attached hydrogens (primary N) is 2. The smallest absolute Gasteiger partial charge is 0.240 e. The van der Waals surface area contributed by atoms with Gasteiger partial charge in [0.15, 0.2) is 5.75 Å². The second-order valence-corrected chi connectivity index (χ2v) is 9.63. The minimum atomic E-state index is -4.44. The van der Waals surface area contributed by atoms with E-state index in [0.717, 1.165) is 6.07 Å². The van der Waals surface area contributed by atoms with Crippen molar-refractivity contribution < 1.29 is 21.9 Å². The van der Waals surface area contributed by atoms with Crippen molar-refractivity contribution in [3.8, 4) is 5.75 Å². The number of halogens is 2. The molecule has 148 valence electrons. The Kier molecular flexibility index (Phi) is 5.30. The van der Waals surface area contributed by atoms with Crippen LogP contribution in [0.25, 0.3) is 11.0 Å². The first-order valence-corrected chi connectivity index (χ1v) is 11.4. The molecule has 11 nitrogen and oxygen atoms in total. The molecule has 3 aromatic rings. The average Bonchev–Trinajstić information content (AvgIpc) is 3.04. The van der Waals surface area contributed by atoms with Crippen LogP contribution in [0.3, 0.4) is 0 Å². The lowest BCUT2D eigenvalue weighted by molar-refractivity contribution is 0.476. The van der Waals surface area contributed by atoms with Crippen LogP contribution in [0.4, 0.5) is 11.4 Å². The molecule has 1 aromatic heterocycles. The van der Waals surface area contributed by atoms with Crippen molar-refractivity contribution in [3.63, 3.8) is 0 Å². The molecular weight excluding hydrogens is 475 g/mol. The number of phenols is 1. The lowest BCUT2D eigenvalue weighted by atomic mass is 10.2. The molecule has 1 heterocycles. The maximum Gasteiger partial charge on any atom is 0.240 e. The van der Waals surface area contributed by atoms with Crippen LogP contribution in [0, 0.1) is 0 Å². The molecule has 0 atom stereocenters. The van der Waals surface area contributed by atoms with Crippen molar-refractivity contribution in [2.75, 3.05) is 0 Å². The second-order valence-electron chi connectivity index (χ2n) is 5.23. The molecule has 0 aliphatic rings. The van der Waals surface area contributed by atoms with Crippen LogP contribution >= 0.6 is 34.9 Å². The summed E-state index contributed by atoms with van der Waals surface area (Å²) in [6, 6.07) is 3.18. The molecule has 0 fully saturated rings. The van der Waals surface area contributed by atoms with E-state index in [4.69, 9.17) is 33.5 Å². The summed E-state index contributed by atoms with van der Waals surface area (Å²) in [7, 11) is -8.77. The number of nitrogens with zero attached hydrogens (tertiary/aromatic N) is 4. The van der Waals surface area contributed by atoms with Crippen molar-refractivity contribution in [1.82, 2.24) is 8.75 Å². The van der Waals surface area contributed by atoms with Gasteiger partial charge in [0.05, 0.1) is 27.5 Å². The summed E-state index contributed by atoms with van der Waals surface area (Å²) >= 11 is 12.2. The summed E-state index contributed by atoms with van der Waals surface area (Å²) in [5, 5.41) is 27.3. The molecule has 5 N–H and O–H groups in total. The van der Waals surface area contributed by atoms with Crippen LogP contribution in [-0.2, 0) is 20.0 Å². The van der Waals surface area contributed by atoms with E-state index in [2.05, 4.69) is 19.0 Å². The van der Waals surface area contributed by atoms with Gasteiger partial charge in [0, 0.05) is 0 Å². The van der Waals surface area contributed by atoms with E-state index in [0.29, 0.717) is 11.7 Å². The number of rotatable bonds is 4. The van der Waals surface area contributed by atoms with E-state index in [1.54, 1.807) is 0 Å². The third kappa shape index (κ3) is 3.93. The molecule has 2 aromatic carbocycles. The van der Waals surface area contributed by atoms with Crippen LogP contribution in [-0.4, -0.2) is 30.7 Å². The monoisotopic (exact) mass is 482 g/mol. The highest BCUT2D eigenvalue weighted by Crippen LogP contribution is 2.39. The third-order valence-corrected chi connectivity index (χ3v) is 6.28. The highest BCUT2D eigenvalue weighted by atomic mass is 35.5. The Hall–Kier alpha value is -1.94. The zero-order valence-electron chi connectivity index (χ0n) is 13.2. The summed E-state index contributed by atoms with van der Waals surface area (Å²) < 4.78 is 55.2. The highest BCUT2D eigenvalue weighted by molar-refractivity contribution is 7.90. The summed E-state index contributed by atoms with van der Waals surface area (Å²) in [4.78, 5) is -1.24. The molecule has 0 aliphatic heterocycles. The summed E-state index contributed by atoms with van der Waals surface area (Å²) in [5.74, 6) is -0.365. The first-order chi connectivity index (χ1) is 12.9. The number of primary sulfonamides is 2. The van der Waals surface area contributed by atoms with E-state index in [9.17, 15) is 21.9 Å². The van der Waals surface area contributed by atoms with Gasteiger partial charge in [-0.25, -0.2) is 27.1 Å². The number of hydrogen-bond acceptors (Lipinski definition) is 10. The minimum absolute atomic E-state index is 0.0695. The lowest BCUT2D eigenvalue weighted by Gasteiger charge is -2.07. The van der Waals surface area contributed by atoms with E-state index >= 15 is 0 Å². The molecule has 0 saturated heterocycles. The fourth-order valence-electron chi connectivity index (χ4n) is 2.13. The lowest BCUT2D eigenvalue weighted by Crippen LogP contribution is -2.17. The molecule has 0 saturated carbocycles. The predicted molar refractivity (Wildman–Crippen MR) is 102 cm³/mol. The van der Waals surface area contributed by atoms with Crippen LogP contribution in [0.1, 0.15) is 0 Å².